The average Bonchev–Trinajstić information content (AvgIpc) is 2.32. The topological polar surface area (TPSA) is 101 Å². The quantitative estimate of drug-likeness (QED) is 0.649. The van der Waals surface area contributed by atoms with Gasteiger partial charge in [-0.25, -0.2) is 17.5 Å². The molecule has 4 N–H and O–H groups in total. The van der Waals surface area contributed by atoms with Crippen LogP contribution in [-0.2, 0) is 14.8 Å². The lowest BCUT2D eigenvalue weighted by atomic mass is 10.3. The molecule has 0 unspecified atom stereocenters. The number of carbonyl (C=O) groups excluding carboxylic acids is 1. The summed E-state index contributed by atoms with van der Waals surface area (Å²) in [4.78, 5) is 10.7. The van der Waals surface area contributed by atoms with E-state index in [9.17, 15) is 17.6 Å². The fourth-order valence-corrected chi connectivity index (χ4v) is 2.23. The van der Waals surface area contributed by atoms with Crippen LogP contribution in [0.5, 0.6) is 0 Å². The van der Waals surface area contributed by atoms with Gasteiger partial charge in [-0.3, -0.25) is 4.79 Å². The van der Waals surface area contributed by atoms with E-state index >= 15 is 0 Å². The van der Waals surface area contributed by atoms with E-state index < -0.39 is 15.8 Å². The molecule has 0 aromatic heterocycles. The van der Waals surface area contributed by atoms with Crippen molar-refractivity contribution in [2.45, 2.75) is 11.3 Å². The lowest BCUT2D eigenvalue weighted by Crippen LogP contribution is -2.29. The zero-order valence-corrected chi connectivity index (χ0v) is 10.6. The van der Waals surface area contributed by atoms with Crippen LogP contribution in [0.3, 0.4) is 0 Å². The summed E-state index contributed by atoms with van der Waals surface area (Å²) in [7, 11) is -2.38. The van der Waals surface area contributed by atoms with E-state index in [-0.39, 0.29) is 29.5 Å². The SMILES string of the molecule is CNC(=O)CCNS(=O)(=O)c1ccc(N)c(F)c1. The largest absolute Gasteiger partial charge is 0.396 e. The molecule has 0 aliphatic heterocycles. The minimum atomic E-state index is -3.83. The Morgan fingerprint density at radius 3 is 2.67 bits per heavy atom. The smallest absolute Gasteiger partial charge is 0.240 e. The Bertz CT molecular complexity index is 545. The zero-order valence-electron chi connectivity index (χ0n) is 9.73. The van der Waals surface area contributed by atoms with Crippen LogP contribution in [0.15, 0.2) is 23.1 Å². The molecular weight excluding hydrogens is 261 g/mol. The fourth-order valence-electron chi connectivity index (χ4n) is 1.18. The molecule has 1 rings (SSSR count). The maximum Gasteiger partial charge on any atom is 0.240 e. The Labute approximate surface area is 104 Å². The second kappa shape index (κ2) is 5.78. The predicted molar refractivity (Wildman–Crippen MR) is 64.7 cm³/mol. The lowest BCUT2D eigenvalue weighted by molar-refractivity contribution is -0.120. The minimum absolute atomic E-state index is 0.00713. The van der Waals surface area contributed by atoms with Gasteiger partial charge in [-0.15, -0.1) is 0 Å². The highest BCUT2D eigenvalue weighted by Gasteiger charge is 2.15. The van der Waals surface area contributed by atoms with Crippen LogP contribution < -0.4 is 15.8 Å². The van der Waals surface area contributed by atoms with E-state index in [2.05, 4.69) is 10.0 Å². The van der Waals surface area contributed by atoms with Gasteiger partial charge in [0.2, 0.25) is 15.9 Å². The minimum Gasteiger partial charge on any atom is -0.396 e. The molecular formula is C10H14FN3O3S. The van der Waals surface area contributed by atoms with Gasteiger partial charge in [-0.05, 0) is 18.2 Å². The third-order valence-electron chi connectivity index (χ3n) is 2.21. The molecule has 6 nitrogen and oxygen atoms in total. The molecule has 0 heterocycles. The van der Waals surface area contributed by atoms with E-state index in [0.717, 1.165) is 6.07 Å². The number of sulfonamides is 1. The van der Waals surface area contributed by atoms with Gasteiger partial charge in [0.25, 0.3) is 0 Å². The monoisotopic (exact) mass is 275 g/mol. The van der Waals surface area contributed by atoms with Crippen molar-refractivity contribution in [3.8, 4) is 0 Å². The Hall–Kier alpha value is -1.67. The predicted octanol–water partition coefficient (Wildman–Crippen LogP) is -0.178. The molecule has 1 aromatic carbocycles. The van der Waals surface area contributed by atoms with Crippen molar-refractivity contribution in [3.63, 3.8) is 0 Å². The Kier molecular flexibility index (Phi) is 4.62. The van der Waals surface area contributed by atoms with Crippen molar-refractivity contribution in [2.24, 2.45) is 0 Å². The maximum absolute atomic E-state index is 13.1. The molecule has 0 saturated carbocycles. The number of amides is 1. The summed E-state index contributed by atoms with van der Waals surface area (Å²) in [5.74, 6) is -1.09. The number of nitrogen functional groups attached to an aromatic ring is 1. The number of benzene rings is 1. The number of carbonyl (C=O) groups is 1. The molecule has 0 bridgehead atoms. The van der Waals surface area contributed by atoms with Gasteiger partial charge in [-0.1, -0.05) is 0 Å². The average molecular weight is 275 g/mol. The highest BCUT2D eigenvalue weighted by Crippen LogP contribution is 2.15. The van der Waals surface area contributed by atoms with E-state index in [1.165, 1.54) is 19.2 Å². The second-order valence-corrected chi connectivity index (χ2v) is 5.27. The van der Waals surface area contributed by atoms with E-state index in [1.807, 2.05) is 0 Å². The Balaban J connectivity index is 2.74. The first-order chi connectivity index (χ1) is 8.36. The van der Waals surface area contributed by atoms with Gasteiger partial charge in [-0.2, -0.15) is 0 Å². The van der Waals surface area contributed by atoms with Gasteiger partial charge in [0.05, 0.1) is 10.6 Å². The van der Waals surface area contributed by atoms with Crippen molar-refractivity contribution >= 4 is 21.6 Å². The first-order valence-corrected chi connectivity index (χ1v) is 6.60. The molecule has 0 spiro atoms. The molecule has 8 heteroatoms. The van der Waals surface area contributed by atoms with Gasteiger partial charge >= 0.3 is 0 Å². The van der Waals surface area contributed by atoms with Crippen molar-refractivity contribution in [2.75, 3.05) is 19.3 Å². The normalized spacial score (nSPS) is 11.2. The fraction of sp³-hybridized carbons (Fsp3) is 0.300. The van der Waals surface area contributed by atoms with Gasteiger partial charge in [0.15, 0.2) is 0 Å². The molecule has 18 heavy (non-hydrogen) atoms. The van der Waals surface area contributed by atoms with Crippen LogP contribution in [0.1, 0.15) is 6.42 Å². The summed E-state index contributed by atoms with van der Waals surface area (Å²) in [5, 5.41) is 2.36. The first-order valence-electron chi connectivity index (χ1n) is 5.12. The molecule has 1 amide bonds. The third kappa shape index (κ3) is 3.67. The molecule has 0 saturated heterocycles. The molecule has 0 atom stereocenters. The number of anilines is 1. The van der Waals surface area contributed by atoms with Gasteiger partial charge < -0.3 is 11.1 Å². The van der Waals surface area contributed by atoms with Crippen LogP contribution in [0.25, 0.3) is 0 Å². The highest BCUT2D eigenvalue weighted by molar-refractivity contribution is 7.89. The van der Waals surface area contributed by atoms with Crippen molar-refractivity contribution in [1.82, 2.24) is 10.0 Å². The summed E-state index contributed by atoms with van der Waals surface area (Å²) in [5.41, 5.74) is 5.12. The van der Waals surface area contributed by atoms with Crippen LogP contribution >= 0.6 is 0 Å². The van der Waals surface area contributed by atoms with Crippen LogP contribution in [0.2, 0.25) is 0 Å². The van der Waals surface area contributed by atoms with E-state index in [1.54, 1.807) is 0 Å². The van der Waals surface area contributed by atoms with Crippen molar-refractivity contribution in [1.29, 1.82) is 0 Å². The maximum atomic E-state index is 13.1. The first kappa shape index (κ1) is 14.4. The molecule has 0 aliphatic carbocycles. The molecule has 0 fully saturated rings. The van der Waals surface area contributed by atoms with Gasteiger partial charge in [0.1, 0.15) is 5.82 Å². The van der Waals surface area contributed by atoms with Crippen molar-refractivity contribution < 1.29 is 17.6 Å². The van der Waals surface area contributed by atoms with E-state index in [0.29, 0.717) is 0 Å². The Morgan fingerprint density at radius 1 is 1.44 bits per heavy atom. The highest BCUT2D eigenvalue weighted by atomic mass is 32.2. The third-order valence-corrected chi connectivity index (χ3v) is 3.66. The summed E-state index contributed by atoms with van der Waals surface area (Å²) < 4.78 is 38.8. The molecule has 0 radical (unpaired) electrons. The standard InChI is InChI=1S/C10H14FN3O3S/c1-13-10(15)4-5-14-18(16,17)7-2-3-9(12)8(11)6-7/h2-3,6,14H,4-5,12H2,1H3,(H,13,15). The number of hydrogen-bond donors (Lipinski definition) is 3. The van der Waals surface area contributed by atoms with Crippen LogP contribution in [0.4, 0.5) is 10.1 Å². The second-order valence-electron chi connectivity index (χ2n) is 3.50. The number of halogens is 1. The van der Waals surface area contributed by atoms with Crippen LogP contribution in [0, 0.1) is 5.82 Å². The van der Waals surface area contributed by atoms with E-state index in [4.69, 9.17) is 5.73 Å². The van der Waals surface area contributed by atoms with Crippen molar-refractivity contribution in [3.05, 3.63) is 24.0 Å². The Morgan fingerprint density at radius 2 is 2.11 bits per heavy atom. The molecule has 0 aliphatic rings. The number of rotatable bonds is 5. The van der Waals surface area contributed by atoms with Crippen LogP contribution in [-0.4, -0.2) is 27.9 Å². The van der Waals surface area contributed by atoms with Gasteiger partial charge in [0, 0.05) is 20.0 Å². The number of hydrogen-bond acceptors (Lipinski definition) is 4. The molecule has 100 valence electrons. The number of nitrogens with one attached hydrogen (secondary N) is 2. The molecule has 1 aromatic rings. The summed E-state index contributed by atoms with van der Waals surface area (Å²) in [6.45, 7) is -0.0615. The summed E-state index contributed by atoms with van der Waals surface area (Å²) in [6, 6.07) is 3.20. The summed E-state index contributed by atoms with van der Waals surface area (Å²) >= 11 is 0. The summed E-state index contributed by atoms with van der Waals surface area (Å²) in [6.07, 6.45) is 0.00713. The lowest BCUT2D eigenvalue weighted by Gasteiger charge is -2.07. The zero-order chi connectivity index (χ0) is 13.8. The number of nitrogens with two attached hydrogens (primary N) is 1.